The summed E-state index contributed by atoms with van der Waals surface area (Å²) in [5.41, 5.74) is -0.600. The van der Waals surface area contributed by atoms with Crippen LogP contribution in [0.1, 0.15) is 27.0 Å². The average Bonchev–Trinajstić information content (AvgIpc) is 2.58. The third-order valence-electron chi connectivity index (χ3n) is 3.40. The Labute approximate surface area is 141 Å². The van der Waals surface area contributed by atoms with Gasteiger partial charge in [0.25, 0.3) is 0 Å². The molecule has 0 aliphatic rings. The number of rotatable bonds is 4. The molecular weight excluding hydrogens is 337 g/mol. The van der Waals surface area contributed by atoms with Gasteiger partial charge in [-0.05, 0) is 29.8 Å². The number of hydrogen-bond donors (Lipinski definition) is 1. The van der Waals surface area contributed by atoms with E-state index in [4.69, 9.17) is 0 Å². The van der Waals surface area contributed by atoms with E-state index >= 15 is 0 Å². The van der Waals surface area contributed by atoms with Gasteiger partial charge in [-0.1, -0.05) is 30.3 Å². The Morgan fingerprint density at radius 3 is 2.04 bits per heavy atom. The summed E-state index contributed by atoms with van der Waals surface area (Å²) in [6.07, 6.45) is -3.18. The number of halogens is 3. The Hall–Kier alpha value is -3.09. The first-order valence-electron chi connectivity index (χ1n) is 7.04. The number of alkyl halides is 3. The summed E-state index contributed by atoms with van der Waals surface area (Å²) >= 11 is 0. The van der Waals surface area contributed by atoms with E-state index in [1.807, 2.05) is 0 Å². The standard InChI is InChI=1S/C18H13F3O4/c1-25-17(24)15(13-4-2-3-5-14(13)16(22)23)10-11-6-8-12(9-7-11)18(19,20)21/h2-10H,1H3,(H,22,23). The van der Waals surface area contributed by atoms with E-state index in [2.05, 4.69) is 4.74 Å². The number of aromatic carboxylic acids is 1. The van der Waals surface area contributed by atoms with Crippen LogP contribution < -0.4 is 0 Å². The highest BCUT2D eigenvalue weighted by Gasteiger charge is 2.30. The highest BCUT2D eigenvalue weighted by Crippen LogP contribution is 2.30. The second-order valence-electron chi connectivity index (χ2n) is 5.02. The van der Waals surface area contributed by atoms with E-state index < -0.39 is 23.7 Å². The number of benzene rings is 2. The van der Waals surface area contributed by atoms with Crippen molar-refractivity contribution in [2.45, 2.75) is 6.18 Å². The maximum Gasteiger partial charge on any atom is 0.416 e. The van der Waals surface area contributed by atoms with Gasteiger partial charge in [0.05, 0.1) is 23.8 Å². The van der Waals surface area contributed by atoms with E-state index in [0.717, 1.165) is 19.2 Å². The fraction of sp³-hybridized carbons (Fsp3) is 0.111. The minimum Gasteiger partial charge on any atom is -0.478 e. The molecular formula is C18H13F3O4. The molecule has 0 radical (unpaired) electrons. The zero-order chi connectivity index (χ0) is 18.6. The molecule has 0 heterocycles. The van der Waals surface area contributed by atoms with E-state index in [9.17, 15) is 27.9 Å². The molecule has 4 nitrogen and oxygen atoms in total. The first-order valence-corrected chi connectivity index (χ1v) is 7.04. The minimum absolute atomic E-state index is 0.0692. The number of ether oxygens (including phenoxy) is 1. The molecule has 7 heteroatoms. The molecule has 1 N–H and O–H groups in total. The molecule has 0 aromatic heterocycles. The zero-order valence-corrected chi connectivity index (χ0v) is 13.0. The molecule has 0 amide bonds. The molecule has 2 rings (SSSR count). The summed E-state index contributed by atoms with van der Waals surface area (Å²) in [7, 11) is 1.13. The number of esters is 1. The Bertz CT molecular complexity index is 821. The summed E-state index contributed by atoms with van der Waals surface area (Å²) in [5, 5.41) is 9.26. The van der Waals surface area contributed by atoms with Crippen LogP contribution in [-0.2, 0) is 15.7 Å². The zero-order valence-electron chi connectivity index (χ0n) is 13.0. The fourth-order valence-corrected chi connectivity index (χ4v) is 2.20. The Morgan fingerprint density at radius 1 is 1.00 bits per heavy atom. The fourth-order valence-electron chi connectivity index (χ4n) is 2.20. The van der Waals surface area contributed by atoms with Gasteiger partial charge in [-0.3, -0.25) is 0 Å². The topological polar surface area (TPSA) is 63.6 Å². The van der Waals surface area contributed by atoms with Crippen LogP contribution in [0.15, 0.2) is 48.5 Å². The molecule has 2 aromatic carbocycles. The normalized spacial score (nSPS) is 11.9. The molecule has 0 saturated heterocycles. The molecule has 0 atom stereocenters. The SMILES string of the molecule is COC(=O)C(=Cc1ccc(C(F)(F)F)cc1)c1ccccc1C(=O)O. The number of carbonyl (C=O) groups excluding carboxylic acids is 1. The lowest BCUT2D eigenvalue weighted by Crippen LogP contribution is -2.09. The molecule has 0 saturated carbocycles. The van der Waals surface area contributed by atoms with Gasteiger partial charge in [0, 0.05) is 5.56 Å². The van der Waals surface area contributed by atoms with Gasteiger partial charge in [0.1, 0.15) is 0 Å². The minimum atomic E-state index is -4.47. The third-order valence-corrected chi connectivity index (χ3v) is 3.40. The summed E-state index contributed by atoms with van der Waals surface area (Å²) < 4.78 is 42.5. The van der Waals surface area contributed by atoms with Gasteiger partial charge in [-0.25, -0.2) is 9.59 Å². The van der Waals surface area contributed by atoms with Gasteiger partial charge in [0.2, 0.25) is 0 Å². The molecule has 25 heavy (non-hydrogen) atoms. The summed E-state index contributed by atoms with van der Waals surface area (Å²) in [6.45, 7) is 0. The molecule has 0 aliphatic carbocycles. The van der Waals surface area contributed by atoms with Gasteiger partial charge in [-0.15, -0.1) is 0 Å². The quantitative estimate of drug-likeness (QED) is 0.512. The third kappa shape index (κ3) is 4.26. The van der Waals surface area contributed by atoms with Crippen LogP contribution in [0.2, 0.25) is 0 Å². The Morgan fingerprint density at radius 2 is 1.56 bits per heavy atom. The smallest absolute Gasteiger partial charge is 0.416 e. The summed E-state index contributed by atoms with van der Waals surface area (Å²) in [6, 6.07) is 9.93. The van der Waals surface area contributed by atoms with Crippen molar-refractivity contribution in [1.29, 1.82) is 0 Å². The van der Waals surface area contributed by atoms with Crippen LogP contribution in [0.25, 0.3) is 11.6 Å². The van der Waals surface area contributed by atoms with Gasteiger partial charge in [-0.2, -0.15) is 13.2 Å². The Kier molecular flexibility index (Phi) is 5.26. The Balaban J connectivity index is 2.54. The number of carboxylic acids is 1. The molecule has 0 bridgehead atoms. The number of methoxy groups -OCH3 is 1. The highest BCUT2D eigenvalue weighted by molar-refractivity contribution is 6.23. The van der Waals surface area contributed by atoms with Crippen LogP contribution in [0.3, 0.4) is 0 Å². The van der Waals surface area contributed by atoms with E-state index in [-0.39, 0.29) is 16.7 Å². The van der Waals surface area contributed by atoms with Crippen LogP contribution in [0.4, 0.5) is 13.2 Å². The van der Waals surface area contributed by atoms with Crippen LogP contribution in [-0.4, -0.2) is 24.2 Å². The van der Waals surface area contributed by atoms with Crippen molar-refractivity contribution in [2.75, 3.05) is 7.11 Å². The number of carboxylic acid groups (broad SMARTS) is 1. The van der Waals surface area contributed by atoms with Crippen molar-refractivity contribution in [3.8, 4) is 0 Å². The van der Waals surface area contributed by atoms with Crippen molar-refractivity contribution in [3.05, 3.63) is 70.8 Å². The van der Waals surface area contributed by atoms with Crippen LogP contribution in [0, 0.1) is 0 Å². The molecule has 0 aliphatic heterocycles. The maximum atomic E-state index is 12.6. The molecule has 130 valence electrons. The first-order chi connectivity index (χ1) is 11.7. The van der Waals surface area contributed by atoms with Crippen LogP contribution >= 0.6 is 0 Å². The van der Waals surface area contributed by atoms with Crippen molar-refractivity contribution >= 4 is 23.6 Å². The van der Waals surface area contributed by atoms with Gasteiger partial charge in [0.15, 0.2) is 0 Å². The molecule has 0 unspecified atom stereocenters. The molecule has 0 spiro atoms. The number of hydrogen-bond acceptors (Lipinski definition) is 3. The second-order valence-corrected chi connectivity index (χ2v) is 5.02. The number of carbonyl (C=O) groups is 2. The second kappa shape index (κ2) is 7.21. The monoisotopic (exact) mass is 350 g/mol. The molecule has 0 fully saturated rings. The average molecular weight is 350 g/mol. The largest absolute Gasteiger partial charge is 0.478 e. The van der Waals surface area contributed by atoms with Crippen molar-refractivity contribution < 1.29 is 32.6 Å². The van der Waals surface area contributed by atoms with Crippen LogP contribution in [0.5, 0.6) is 0 Å². The van der Waals surface area contributed by atoms with Crippen molar-refractivity contribution in [2.24, 2.45) is 0 Å². The van der Waals surface area contributed by atoms with Crippen molar-refractivity contribution in [3.63, 3.8) is 0 Å². The predicted octanol–water partition coefficient (Wildman–Crippen LogP) is 4.12. The van der Waals surface area contributed by atoms with E-state index in [1.165, 1.54) is 36.4 Å². The first kappa shape index (κ1) is 18.3. The lowest BCUT2D eigenvalue weighted by atomic mass is 9.97. The highest BCUT2D eigenvalue weighted by atomic mass is 19.4. The summed E-state index contributed by atoms with van der Waals surface area (Å²) in [4.78, 5) is 23.4. The predicted molar refractivity (Wildman–Crippen MR) is 84.7 cm³/mol. The van der Waals surface area contributed by atoms with E-state index in [0.29, 0.717) is 5.56 Å². The van der Waals surface area contributed by atoms with Gasteiger partial charge < -0.3 is 9.84 Å². The van der Waals surface area contributed by atoms with Crippen molar-refractivity contribution in [1.82, 2.24) is 0 Å². The van der Waals surface area contributed by atoms with E-state index in [1.54, 1.807) is 6.07 Å². The maximum absolute atomic E-state index is 12.6. The molecule has 2 aromatic rings. The lowest BCUT2D eigenvalue weighted by Gasteiger charge is -2.10. The summed E-state index contributed by atoms with van der Waals surface area (Å²) in [5.74, 6) is -2.04. The van der Waals surface area contributed by atoms with Gasteiger partial charge >= 0.3 is 18.1 Å². The lowest BCUT2D eigenvalue weighted by molar-refractivity contribution is -0.137.